The Kier molecular flexibility index (Phi) is 3.34. The fourth-order valence-electron chi connectivity index (χ4n) is 1.64. The Morgan fingerprint density at radius 1 is 1.44 bits per heavy atom. The highest BCUT2D eigenvalue weighted by atomic mass is 35.5. The average molecular weight is 241 g/mol. The lowest BCUT2D eigenvalue weighted by Gasteiger charge is -2.04. The van der Waals surface area contributed by atoms with Crippen molar-refractivity contribution in [3.8, 4) is 0 Å². The second kappa shape index (κ2) is 4.74. The van der Waals surface area contributed by atoms with Crippen molar-refractivity contribution >= 4 is 17.8 Å². The van der Waals surface area contributed by atoms with Gasteiger partial charge in [0.05, 0.1) is 6.61 Å². The van der Waals surface area contributed by atoms with Crippen LogP contribution in [0.2, 0.25) is 5.02 Å². The second-order valence-corrected chi connectivity index (χ2v) is 4.17. The van der Waals surface area contributed by atoms with Crippen molar-refractivity contribution in [1.82, 2.24) is 0 Å². The number of carbonyl (C=O) groups is 1. The molecule has 0 radical (unpaired) electrons. The van der Waals surface area contributed by atoms with Gasteiger partial charge in [0.2, 0.25) is 0 Å². The first-order valence-electron chi connectivity index (χ1n) is 5.29. The van der Waals surface area contributed by atoms with Gasteiger partial charge in [0, 0.05) is 10.9 Å². The highest BCUT2D eigenvalue weighted by Gasteiger charge is 2.42. The predicted octanol–water partition coefficient (Wildman–Crippen LogP) is 3.37. The maximum atomic E-state index is 11.1. The van der Waals surface area contributed by atoms with E-state index in [0.717, 1.165) is 12.0 Å². The summed E-state index contributed by atoms with van der Waals surface area (Å²) in [6.45, 7) is 2.10. The van der Waals surface area contributed by atoms with Crippen molar-refractivity contribution in [2.45, 2.75) is 25.4 Å². The summed E-state index contributed by atoms with van der Waals surface area (Å²) in [6, 6.07) is 7.61. The Labute approximate surface area is 99.3 Å². The molecule has 0 bridgehead atoms. The summed E-state index contributed by atoms with van der Waals surface area (Å²) >= 11 is 5.79. The Morgan fingerprint density at radius 3 is 2.75 bits per heavy atom. The van der Waals surface area contributed by atoms with Crippen LogP contribution in [0.5, 0.6) is 0 Å². The van der Waals surface area contributed by atoms with Crippen LogP contribution in [0.3, 0.4) is 0 Å². The molecule has 4 heteroatoms. The van der Waals surface area contributed by atoms with Crippen LogP contribution >= 0.6 is 11.6 Å². The van der Waals surface area contributed by atoms with Gasteiger partial charge >= 0.3 is 6.16 Å². The molecule has 1 fully saturated rings. The highest BCUT2D eigenvalue weighted by molar-refractivity contribution is 6.30. The SMILES string of the molecule is CCOC(=O)OC1CC1c1ccc(Cl)cc1. The van der Waals surface area contributed by atoms with Crippen LogP contribution in [-0.2, 0) is 9.47 Å². The van der Waals surface area contributed by atoms with Gasteiger partial charge < -0.3 is 9.47 Å². The van der Waals surface area contributed by atoms with Crippen molar-refractivity contribution < 1.29 is 14.3 Å². The molecule has 3 nitrogen and oxygen atoms in total. The first kappa shape index (κ1) is 11.3. The van der Waals surface area contributed by atoms with Crippen LogP contribution in [0.1, 0.15) is 24.8 Å². The Morgan fingerprint density at radius 2 is 2.12 bits per heavy atom. The molecule has 0 N–H and O–H groups in total. The fraction of sp³-hybridized carbons (Fsp3) is 0.417. The van der Waals surface area contributed by atoms with E-state index in [2.05, 4.69) is 0 Å². The Balaban J connectivity index is 1.87. The van der Waals surface area contributed by atoms with E-state index < -0.39 is 6.16 Å². The molecule has 2 unspecified atom stereocenters. The molecule has 1 aliphatic carbocycles. The molecule has 1 aliphatic rings. The zero-order valence-corrected chi connectivity index (χ0v) is 9.74. The summed E-state index contributed by atoms with van der Waals surface area (Å²) in [4.78, 5) is 11.1. The van der Waals surface area contributed by atoms with Gasteiger partial charge in [-0.1, -0.05) is 23.7 Å². The van der Waals surface area contributed by atoms with Gasteiger partial charge in [-0.05, 0) is 31.0 Å². The molecule has 0 spiro atoms. The third kappa shape index (κ3) is 2.67. The van der Waals surface area contributed by atoms with Crippen LogP contribution in [0.15, 0.2) is 24.3 Å². The molecule has 0 aromatic heterocycles. The average Bonchev–Trinajstić information content (AvgIpc) is 2.98. The molecular formula is C12H13ClO3. The van der Waals surface area contributed by atoms with Gasteiger partial charge in [-0.15, -0.1) is 0 Å². The van der Waals surface area contributed by atoms with Crippen molar-refractivity contribution in [1.29, 1.82) is 0 Å². The van der Waals surface area contributed by atoms with E-state index in [0.29, 0.717) is 17.5 Å². The molecule has 1 saturated carbocycles. The van der Waals surface area contributed by atoms with E-state index in [1.807, 2.05) is 24.3 Å². The van der Waals surface area contributed by atoms with Crippen LogP contribution < -0.4 is 0 Å². The minimum atomic E-state index is -0.580. The first-order valence-corrected chi connectivity index (χ1v) is 5.67. The van der Waals surface area contributed by atoms with Crippen molar-refractivity contribution in [3.05, 3.63) is 34.9 Å². The van der Waals surface area contributed by atoms with Crippen LogP contribution in [0, 0.1) is 0 Å². The summed E-state index contributed by atoms with van der Waals surface area (Å²) in [5.41, 5.74) is 1.15. The zero-order valence-electron chi connectivity index (χ0n) is 8.98. The quantitative estimate of drug-likeness (QED) is 0.760. The Bertz CT molecular complexity index is 374. The summed E-state index contributed by atoms with van der Waals surface area (Å²) < 4.78 is 9.82. The number of benzene rings is 1. The van der Waals surface area contributed by atoms with Gasteiger partial charge in [0.1, 0.15) is 6.10 Å². The lowest BCUT2D eigenvalue weighted by Crippen LogP contribution is -2.09. The molecule has 0 amide bonds. The van der Waals surface area contributed by atoms with Gasteiger partial charge in [-0.25, -0.2) is 4.79 Å². The van der Waals surface area contributed by atoms with Gasteiger partial charge in [0.25, 0.3) is 0 Å². The fourth-order valence-corrected chi connectivity index (χ4v) is 1.76. The topological polar surface area (TPSA) is 35.5 Å². The van der Waals surface area contributed by atoms with Crippen molar-refractivity contribution in [2.24, 2.45) is 0 Å². The lowest BCUT2D eigenvalue weighted by atomic mass is 10.1. The standard InChI is InChI=1S/C12H13ClO3/c1-2-15-12(14)16-11-7-10(11)8-3-5-9(13)6-4-8/h3-6,10-11H,2,7H2,1H3. The normalized spacial score (nSPS) is 22.6. The minimum absolute atomic E-state index is 0.0415. The largest absolute Gasteiger partial charge is 0.508 e. The molecule has 2 rings (SSSR count). The molecule has 0 saturated heterocycles. The van der Waals surface area contributed by atoms with E-state index in [4.69, 9.17) is 21.1 Å². The molecule has 16 heavy (non-hydrogen) atoms. The van der Waals surface area contributed by atoms with Crippen LogP contribution in [0.25, 0.3) is 0 Å². The van der Waals surface area contributed by atoms with E-state index in [-0.39, 0.29) is 6.10 Å². The molecule has 86 valence electrons. The predicted molar refractivity (Wildman–Crippen MR) is 60.7 cm³/mol. The van der Waals surface area contributed by atoms with E-state index in [1.54, 1.807) is 6.92 Å². The minimum Gasteiger partial charge on any atom is -0.435 e. The second-order valence-electron chi connectivity index (χ2n) is 3.73. The molecule has 0 aliphatic heterocycles. The smallest absolute Gasteiger partial charge is 0.435 e. The van der Waals surface area contributed by atoms with Gasteiger partial charge in [0.15, 0.2) is 0 Å². The summed E-state index contributed by atoms with van der Waals surface area (Å²) in [5, 5.41) is 0.715. The molecule has 0 heterocycles. The number of carbonyl (C=O) groups excluding carboxylic acids is 1. The van der Waals surface area contributed by atoms with Crippen molar-refractivity contribution in [3.63, 3.8) is 0 Å². The lowest BCUT2D eigenvalue weighted by molar-refractivity contribution is 0.0520. The first-order chi connectivity index (χ1) is 7.70. The van der Waals surface area contributed by atoms with Crippen LogP contribution in [-0.4, -0.2) is 18.9 Å². The molecular weight excluding hydrogens is 228 g/mol. The van der Waals surface area contributed by atoms with E-state index >= 15 is 0 Å². The van der Waals surface area contributed by atoms with Gasteiger partial charge in [-0.2, -0.15) is 0 Å². The highest BCUT2D eigenvalue weighted by Crippen LogP contribution is 2.43. The molecule has 2 atom stereocenters. The summed E-state index contributed by atoms with van der Waals surface area (Å²) in [6.07, 6.45) is 0.240. The molecule has 1 aromatic carbocycles. The van der Waals surface area contributed by atoms with Crippen LogP contribution in [0.4, 0.5) is 4.79 Å². The summed E-state index contributed by atoms with van der Waals surface area (Å²) in [5.74, 6) is 0.293. The van der Waals surface area contributed by atoms with E-state index in [9.17, 15) is 4.79 Å². The third-order valence-corrected chi connectivity index (χ3v) is 2.79. The zero-order chi connectivity index (χ0) is 11.5. The number of hydrogen-bond donors (Lipinski definition) is 0. The monoisotopic (exact) mass is 240 g/mol. The number of ether oxygens (including phenoxy) is 2. The maximum Gasteiger partial charge on any atom is 0.508 e. The van der Waals surface area contributed by atoms with Gasteiger partial charge in [-0.3, -0.25) is 0 Å². The third-order valence-electron chi connectivity index (χ3n) is 2.54. The number of halogens is 1. The number of hydrogen-bond acceptors (Lipinski definition) is 3. The van der Waals surface area contributed by atoms with Crippen molar-refractivity contribution in [2.75, 3.05) is 6.61 Å². The number of rotatable bonds is 3. The molecule has 1 aromatic rings. The Hall–Kier alpha value is -1.22. The summed E-state index contributed by atoms with van der Waals surface area (Å²) in [7, 11) is 0. The van der Waals surface area contributed by atoms with E-state index in [1.165, 1.54) is 0 Å². The maximum absolute atomic E-state index is 11.1.